The molecule has 108 valence electrons. The van der Waals surface area contributed by atoms with Gasteiger partial charge in [0, 0.05) is 20.1 Å². The van der Waals surface area contributed by atoms with E-state index in [1.165, 1.54) is 7.11 Å². The molecule has 2 rings (SSSR count). The van der Waals surface area contributed by atoms with Crippen molar-refractivity contribution in [2.24, 2.45) is 0 Å². The lowest BCUT2D eigenvalue weighted by Crippen LogP contribution is -2.01. The van der Waals surface area contributed by atoms with E-state index in [2.05, 4.69) is 22.0 Å². The van der Waals surface area contributed by atoms with Gasteiger partial charge in [-0.05, 0) is 24.3 Å². The Morgan fingerprint density at radius 3 is 2.48 bits per heavy atom. The van der Waals surface area contributed by atoms with E-state index >= 15 is 0 Å². The molecule has 0 bridgehead atoms. The van der Waals surface area contributed by atoms with Crippen molar-refractivity contribution in [3.63, 3.8) is 0 Å². The Kier molecular flexibility index (Phi) is 5.35. The van der Waals surface area contributed by atoms with Gasteiger partial charge in [-0.2, -0.15) is 5.26 Å². The van der Waals surface area contributed by atoms with E-state index in [4.69, 9.17) is 32.7 Å². The second-order valence-corrected chi connectivity index (χ2v) is 5.82. The minimum atomic E-state index is 0.144. The van der Waals surface area contributed by atoms with Crippen molar-refractivity contribution in [3.05, 3.63) is 56.0 Å². The number of ether oxygens (including phenoxy) is 2. The highest BCUT2D eigenvalue weighted by Crippen LogP contribution is 2.36. The molecule has 0 saturated carbocycles. The second kappa shape index (κ2) is 7.04. The van der Waals surface area contributed by atoms with Crippen molar-refractivity contribution >= 4 is 39.1 Å². The molecular formula is C15H10BrCl2NO2. The fourth-order valence-electron chi connectivity index (χ4n) is 1.77. The first kappa shape index (κ1) is 16.0. The second-order valence-electron chi connectivity index (χ2n) is 4.09. The number of nitriles is 1. The lowest BCUT2D eigenvalue weighted by atomic mass is 10.2. The van der Waals surface area contributed by atoms with Crippen LogP contribution in [0.15, 0.2) is 34.8 Å². The Morgan fingerprint density at radius 2 is 1.90 bits per heavy atom. The van der Waals surface area contributed by atoms with Gasteiger partial charge in [-0.15, -0.1) is 0 Å². The summed E-state index contributed by atoms with van der Waals surface area (Å²) in [7, 11) is 1.51. The molecule has 0 fully saturated rings. The smallest absolute Gasteiger partial charge is 0.179 e. The highest BCUT2D eigenvalue weighted by Gasteiger charge is 2.14. The van der Waals surface area contributed by atoms with Gasteiger partial charge in [-0.1, -0.05) is 45.2 Å². The standard InChI is InChI=1S/C15H10BrCl2NO2/c1-20-14-6-10(16)5-9(7-19)15(14)21-8-11-12(17)3-2-4-13(11)18/h2-6H,8H2,1H3. The normalized spacial score (nSPS) is 10.0. The Balaban J connectivity index is 2.34. The lowest BCUT2D eigenvalue weighted by Gasteiger charge is -2.14. The summed E-state index contributed by atoms with van der Waals surface area (Å²) in [5.74, 6) is 0.822. The van der Waals surface area contributed by atoms with Crippen LogP contribution in [0, 0.1) is 11.3 Å². The van der Waals surface area contributed by atoms with Crippen LogP contribution in [0.2, 0.25) is 10.0 Å². The largest absolute Gasteiger partial charge is 0.493 e. The van der Waals surface area contributed by atoms with Gasteiger partial charge in [-0.25, -0.2) is 0 Å². The van der Waals surface area contributed by atoms with Gasteiger partial charge in [0.15, 0.2) is 11.5 Å². The highest BCUT2D eigenvalue weighted by molar-refractivity contribution is 9.10. The average Bonchev–Trinajstić information content (AvgIpc) is 2.47. The molecule has 0 spiro atoms. The zero-order chi connectivity index (χ0) is 15.4. The molecule has 0 aliphatic carbocycles. The summed E-state index contributed by atoms with van der Waals surface area (Å²) in [6.07, 6.45) is 0. The van der Waals surface area contributed by atoms with E-state index in [1.807, 2.05) is 0 Å². The average molecular weight is 387 g/mol. The number of halogens is 3. The van der Waals surface area contributed by atoms with Gasteiger partial charge in [-0.3, -0.25) is 0 Å². The van der Waals surface area contributed by atoms with Crippen LogP contribution in [0.3, 0.4) is 0 Å². The Hall–Kier alpha value is -1.41. The van der Waals surface area contributed by atoms with Crippen LogP contribution in [-0.4, -0.2) is 7.11 Å². The van der Waals surface area contributed by atoms with Crippen LogP contribution in [-0.2, 0) is 6.61 Å². The lowest BCUT2D eigenvalue weighted by molar-refractivity contribution is 0.283. The van der Waals surface area contributed by atoms with Gasteiger partial charge in [0.2, 0.25) is 0 Å². The topological polar surface area (TPSA) is 42.2 Å². The molecule has 21 heavy (non-hydrogen) atoms. The van der Waals surface area contributed by atoms with Crippen molar-refractivity contribution in [3.8, 4) is 17.6 Å². The molecule has 3 nitrogen and oxygen atoms in total. The van der Waals surface area contributed by atoms with Gasteiger partial charge in [0.05, 0.1) is 12.7 Å². The van der Waals surface area contributed by atoms with Crippen LogP contribution in [0.4, 0.5) is 0 Å². The summed E-state index contributed by atoms with van der Waals surface area (Å²) < 4.78 is 11.7. The summed E-state index contributed by atoms with van der Waals surface area (Å²) in [5.41, 5.74) is 1.03. The van der Waals surface area contributed by atoms with E-state index in [0.717, 1.165) is 4.47 Å². The highest BCUT2D eigenvalue weighted by atomic mass is 79.9. The van der Waals surface area contributed by atoms with Crippen molar-refractivity contribution in [2.45, 2.75) is 6.61 Å². The first-order chi connectivity index (χ1) is 10.1. The Morgan fingerprint density at radius 1 is 1.24 bits per heavy atom. The fraction of sp³-hybridized carbons (Fsp3) is 0.133. The number of rotatable bonds is 4. The molecule has 2 aromatic rings. The molecule has 0 heterocycles. The zero-order valence-electron chi connectivity index (χ0n) is 11.0. The number of hydrogen-bond donors (Lipinski definition) is 0. The third kappa shape index (κ3) is 3.62. The van der Waals surface area contributed by atoms with Crippen molar-refractivity contribution in [1.29, 1.82) is 5.26 Å². The van der Waals surface area contributed by atoms with Crippen molar-refractivity contribution in [1.82, 2.24) is 0 Å². The van der Waals surface area contributed by atoms with Gasteiger partial charge in [0.25, 0.3) is 0 Å². The Labute approximate surface area is 141 Å². The molecule has 0 aromatic heterocycles. The van der Waals surface area contributed by atoms with E-state index in [1.54, 1.807) is 30.3 Å². The summed E-state index contributed by atoms with van der Waals surface area (Å²) in [6.45, 7) is 0.144. The molecule has 0 N–H and O–H groups in total. The van der Waals surface area contributed by atoms with E-state index in [0.29, 0.717) is 32.7 Å². The summed E-state index contributed by atoms with van der Waals surface area (Å²) >= 11 is 15.5. The van der Waals surface area contributed by atoms with Crippen molar-refractivity contribution in [2.75, 3.05) is 7.11 Å². The first-order valence-corrected chi connectivity index (χ1v) is 7.45. The molecule has 0 unspecified atom stereocenters. The van der Waals surface area contributed by atoms with Crippen LogP contribution >= 0.6 is 39.1 Å². The first-order valence-electron chi connectivity index (χ1n) is 5.90. The van der Waals surface area contributed by atoms with Crippen LogP contribution in [0.1, 0.15) is 11.1 Å². The van der Waals surface area contributed by atoms with Crippen LogP contribution in [0.25, 0.3) is 0 Å². The molecule has 2 aromatic carbocycles. The molecule has 0 aliphatic rings. The van der Waals surface area contributed by atoms with Crippen LogP contribution in [0.5, 0.6) is 11.5 Å². The van der Waals surface area contributed by atoms with Gasteiger partial charge < -0.3 is 9.47 Å². The quantitative estimate of drug-likeness (QED) is 0.723. The maximum Gasteiger partial charge on any atom is 0.179 e. The van der Waals surface area contributed by atoms with E-state index in [-0.39, 0.29) is 6.61 Å². The number of methoxy groups -OCH3 is 1. The van der Waals surface area contributed by atoms with Gasteiger partial charge >= 0.3 is 0 Å². The minimum absolute atomic E-state index is 0.144. The zero-order valence-corrected chi connectivity index (χ0v) is 14.1. The third-order valence-corrected chi connectivity index (χ3v) is 3.95. The summed E-state index contributed by atoms with van der Waals surface area (Å²) in [6, 6.07) is 10.7. The Bertz CT molecular complexity index is 693. The predicted molar refractivity (Wildman–Crippen MR) is 86.2 cm³/mol. The third-order valence-electron chi connectivity index (χ3n) is 2.78. The summed E-state index contributed by atoms with van der Waals surface area (Å²) in [5, 5.41) is 10.2. The number of hydrogen-bond acceptors (Lipinski definition) is 3. The minimum Gasteiger partial charge on any atom is -0.493 e. The molecule has 0 amide bonds. The van der Waals surface area contributed by atoms with E-state index in [9.17, 15) is 5.26 Å². The maximum atomic E-state index is 9.21. The maximum absolute atomic E-state index is 9.21. The molecule has 0 radical (unpaired) electrons. The molecule has 0 atom stereocenters. The van der Waals surface area contributed by atoms with Crippen LogP contribution < -0.4 is 9.47 Å². The fourth-order valence-corrected chi connectivity index (χ4v) is 2.71. The SMILES string of the molecule is COc1cc(Br)cc(C#N)c1OCc1c(Cl)cccc1Cl. The number of nitrogens with zero attached hydrogens (tertiary/aromatic N) is 1. The molecular weight excluding hydrogens is 377 g/mol. The van der Waals surface area contributed by atoms with Gasteiger partial charge in [0.1, 0.15) is 12.7 Å². The van der Waals surface area contributed by atoms with Crippen molar-refractivity contribution < 1.29 is 9.47 Å². The monoisotopic (exact) mass is 385 g/mol. The predicted octanol–water partition coefficient (Wildman–Crippen LogP) is 5.22. The molecule has 0 aliphatic heterocycles. The molecule has 6 heteroatoms. The number of benzene rings is 2. The summed E-state index contributed by atoms with van der Waals surface area (Å²) in [4.78, 5) is 0. The molecule has 0 saturated heterocycles. The van der Waals surface area contributed by atoms with E-state index < -0.39 is 0 Å².